The predicted octanol–water partition coefficient (Wildman–Crippen LogP) is 6.84. The van der Waals surface area contributed by atoms with Crippen LogP contribution >= 0.6 is 22.6 Å². The Balaban J connectivity index is 2.06. The van der Waals surface area contributed by atoms with Crippen molar-refractivity contribution >= 4 is 39.7 Å². The van der Waals surface area contributed by atoms with Gasteiger partial charge in [-0.2, -0.15) is 0 Å². The average Bonchev–Trinajstić information content (AvgIpc) is 2.84. The standard InChI is InChI=1S/C26H23IO2/c1-16-5-3-6-19(13-16)25-23-12-11-21(26(28)29)14-18(23)10-9-17(2)24(25)20-7-4-8-22(27)15-20/h3-8,11-15,17H,9-10H2,1-2H3,(H,28,29). The van der Waals surface area contributed by atoms with Crippen molar-refractivity contribution in [3.63, 3.8) is 0 Å². The van der Waals surface area contributed by atoms with Crippen LogP contribution in [0.1, 0.15) is 51.5 Å². The predicted molar refractivity (Wildman–Crippen MR) is 127 cm³/mol. The molecule has 0 saturated heterocycles. The van der Waals surface area contributed by atoms with Crippen molar-refractivity contribution in [2.24, 2.45) is 5.92 Å². The van der Waals surface area contributed by atoms with Gasteiger partial charge in [-0.15, -0.1) is 0 Å². The summed E-state index contributed by atoms with van der Waals surface area (Å²) in [5.41, 5.74) is 8.86. The number of halogens is 1. The first kappa shape index (κ1) is 19.9. The van der Waals surface area contributed by atoms with E-state index in [-0.39, 0.29) is 0 Å². The Morgan fingerprint density at radius 2 is 1.76 bits per heavy atom. The molecule has 0 saturated carbocycles. The maximum atomic E-state index is 11.5. The highest BCUT2D eigenvalue weighted by Crippen LogP contribution is 2.43. The molecule has 146 valence electrons. The zero-order valence-corrected chi connectivity index (χ0v) is 18.7. The van der Waals surface area contributed by atoms with Crippen molar-refractivity contribution in [3.05, 3.63) is 104 Å². The zero-order chi connectivity index (χ0) is 20.5. The van der Waals surface area contributed by atoms with Crippen LogP contribution in [-0.4, -0.2) is 11.1 Å². The lowest BCUT2D eigenvalue weighted by atomic mass is 9.83. The number of aryl methyl sites for hydroxylation is 2. The molecule has 1 atom stereocenters. The summed E-state index contributed by atoms with van der Waals surface area (Å²) in [5.74, 6) is -0.506. The van der Waals surface area contributed by atoms with Crippen LogP contribution in [-0.2, 0) is 6.42 Å². The molecule has 0 heterocycles. The van der Waals surface area contributed by atoms with Gasteiger partial charge < -0.3 is 5.11 Å². The van der Waals surface area contributed by atoms with Crippen LogP contribution in [0.15, 0.2) is 66.7 Å². The SMILES string of the molecule is Cc1cccc(C2=C(c3cccc(I)c3)C(C)CCc3cc(C(=O)O)ccc32)c1. The summed E-state index contributed by atoms with van der Waals surface area (Å²) in [7, 11) is 0. The fourth-order valence-corrected chi connectivity index (χ4v) is 4.82. The van der Waals surface area contributed by atoms with Crippen LogP contribution in [0.25, 0.3) is 11.1 Å². The summed E-state index contributed by atoms with van der Waals surface area (Å²) in [4.78, 5) is 11.5. The molecule has 3 aromatic rings. The number of fused-ring (bicyclic) bond motifs is 1. The lowest BCUT2D eigenvalue weighted by molar-refractivity contribution is 0.0696. The Kier molecular flexibility index (Phi) is 5.59. The van der Waals surface area contributed by atoms with E-state index in [1.165, 1.54) is 31.4 Å². The van der Waals surface area contributed by atoms with Gasteiger partial charge in [0.25, 0.3) is 0 Å². The molecule has 3 aromatic carbocycles. The molecule has 0 radical (unpaired) electrons. The molecule has 0 fully saturated rings. The third kappa shape index (κ3) is 4.01. The second-order valence-electron chi connectivity index (χ2n) is 7.79. The molecule has 0 aliphatic heterocycles. The van der Waals surface area contributed by atoms with Crippen LogP contribution in [0.4, 0.5) is 0 Å². The lowest BCUT2D eigenvalue weighted by Gasteiger charge is -2.21. The Morgan fingerprint density at radius 1 is 1.00 bits per heavy atom. The van der Waals surface area contributed by atoms with Crippen LogP contribution in [0.5, 0.6) is 0 Å². The Bertz CT molecular complexity index is 1130. The molecule has 1 aliphatic carbocycles. The van der Waals surface area contributed by atoms with Gasteiger partial charge in [0.05, 0.1) is 5.56 Å². The molecular weight excluding hydrogens is 471 g/mol. The van der Waals surface area contributed by atoms with Crippen molar-refractivity contribution < 1.29 is 9.90 Å². The molecule has 2 nitrogen and oxygen atoms in total. The average molecular weight is 494 g/mol. The van der Waals surface area contributed by atoms with E-state index in [1.54, 1.807) is 6.07 Å². The molecule has 3 heteroatoms. The van der Waals surface area contributed by atoms with Gasteiger partial charge in [-0.05, 0) is 106 Å². The van der Waals surface area contributed by atoms with E-state index in [9.17, 15) is 9.90 Å². The number of allylic oxidation sites excluding steroid dienone is 1. The van der Waals surface area contributed by atoms with Gasteiger partial charge in [-0.25, -0.2) is 4.79 Å². The maximum Gasteiger partial charge on any atom is 0.335 e. The summed E-state index contributed by atoms with van der Waals surface area (Å²) in [6.07, 6.45) is 1.87. The smallest absolute Gasteiger partial charge is 0.335 e. The number of hydrogen-bond donors (Lipinski definition) is 1. The van der Waals surface area contributed by atoms with Gasteiger partial charge in [0.15, 0.2) is 0 Å². The van der Waals surface area contributed by atoms with Crippen molar-refractivity contribution in [2.45, 2.75) is 26.7 Å². The zero-order valence-electron chi connectivity index (χ0n) is 16.6. The minimum atomic E-state index is -0.871. The van der Waals surface area contributed by atoms with E-state index < -0.39 is 5.97 Å². The maximum absolute atomic E-state index is 11.5. The van der Waals surface area contributed by atoms with E-state index in [1.807, 2.05) is 12.1 Å². The minimum Gasteiger partial charge on any atom is -0.478 e. The summed E-state index contributed by atoms with van der Waals surface area (Å²) in [6.45, 7) is 4.40. The van der Waals surface area contributed by atoms with Gasteiger partial charge in [-0.3, -0.25) is 0 Å². The van der Waals surface area contributed by atoms with Crippen LogP contribution < -0.4 is 0 Å². The van der Waals surface area contributed by atoms with Crippen molar-refractivity contribution in [1.29, 1.82) is 0 Å². The number of benzene rings is 3. The molecule has 0 aromatic heterocycles. The largest absolute Gasteiger partial charge is 0.478 e. The summed E-state index contributed by atoms with van der Waals surface area (Å²) >= 11 is 2.37. The van der Waals surface area contributed by atoms with Gasteiger partial charge in [0, 0.05) is 3.57 Å². The highest BCUT2D eigenvalue weighted by atomic mass is 127. The molecule has 1 aliphatic rings. The van der Waals surface area contributed by atoms with Gasteiger partial charge in [0.1, 0.15) is 0 Å². The highest BCUT2D eigenvalue weighted by Gasteiger charge is 2.25. The van der Waals surface area contributed by atoms with Crippen LogP contribution in [0.2, 0.25) is 0 Å². The van der Waals surface area contributed by atoms with Crippen LogP contribution in [0.3, 0.4) is 0 Å². The number of rotatable bonds is 3. The van der Waals surface area contributed by atoms with E-state index >= 15 is 0 Å². The first-order valence-corrected chi connectivity index (χ1v) is 11.0. The fourth-order valence-electron chi connectivity index (χ4n) is 4.28. The lowest BCUT2D eigenvalue weighted by Crippen LogP contribution is -2.03. The van der Waals surface area contributed by atoms with Gasteiger partial charge in [0.2, 0.25) is 0 Å². The topological polar surface area (TPSA) is 37.3 Å². The molecule has 29 heavy (non-hydrogen) atoms. The molecule has 0 amide bonds. The van der Waals surface area contributed by atoms with Crippen molar-refractivity contribution in [2.75, 3.05) is 0 Å². The van der Waals surface area contributed by atoms with Gasteiger partial charge >= 0.3 is 5.97 Å². The Morgan fingerprint density at radius 3 is 2.48 bits per heavy atom. The molecule has 1 unspecified atom stereocenters. The first-order valence-electron chi connectivity index (χ1n) is 9.88. The molecule has 1 N–H and O–H groups in total. The number of carbonyl (C=O) groups is 1. The second kappa shape index (κ2) is 8.15. The first-order chi connectivity index (χ1) is 13.9. The van der Waals surface area contributed by atoms with E-state index in [4.69, 9.17) is 0 Å². The quantitative estimate of drug-likeness (QED) is 0.405. The Hall–Kier alpha value is -2.40. The van der Waals surface area contributed by atoms with Crippen molar-refractivity contribution in [3.8, 4) is 0 Å². The van der Waals surface area contributed by atoms with E-state index in [2.05, 4.69) is 85.0 Å². The normalized spacial score (nSPS) is 16.3. The number of hydrogen-bond acceptors (Lipinski definition) is 1. The second-order valence-corrected chi connectivity index (χ2v) is 9.03. The fraction of sp³-hybridized carbons (Fsp3) is 0.192. The monoisotopic (exact) mass is 494 g/mol. The summed E-state index contributed by atoms with van der Waals surface area (Å²) < 4.78 is 1.22. The number of carboxylic acids is 1. The molecular formula is C26H23IO2. The number of carboxylic acid groups (broad SMARTS) is 1. The van der Waals surface area contributed by atoms with E-state index in [0.717, 1.165) is 24.0 Å². The molecule has 4 rings (SSSR count). The summed E-state index contributed by atoms with van der Waals surface area (Å²) in [5, 5.41) is 9.48. The Labute approximate surface area is 185 Å². The summed E-state index contributed by atoms with van der Waals surface area (Å²) in [6, 6.07) is 22.9. The van der Waals surface area contributed by atoms with Crippen LogP contribution in [0, 0.1) is 16.4 Å². The van der Waals surface area contributed by atoms with Crippen molar-refractivity contribution in [1.82, 2.24) is 0 Å². The number of aromatic carboxylic acids is 1. The third-order valence-electron chi connectivity index (χ3n) is 5.67. The third-order valence-corrected chi connectivity index (χ3v) is 6.34. The molecule has 0 bridgehead atoms. The highest BCUT2D eigenvalue weighted by molar-refractivity contribution is 14.1. The minimum absolute atomic E-state index is 0.359. The van der Waals surface area contributed by atoms with Gasteiger partial charge in [-0.1, -0.05) is 55.0 Å². The molecule has 0 spiro atoms. The van der Waals surface area contributed by atoms with E-state index in [0.29, 0.717) is 11.5 Å².